The van der Waals surface area contributed by atoms with E-state index in [4.69, 9.17) is 31.0 Å². The molecule has 5 heterocycles. The fourth-order valence-electron chi connectivity index (χ4n) is 6.42. The molecule has 0 atom stereocenters. The third kappa shape index (κ3) is 5.94. The Hall–Kier alpha value is -4.22. The van der Waals surface area contributed by atoms with Crippen LogP contribution in [0.5, 0.6) is 0 Å². The SMILES string of the molecule is C/C(S)=c1/c(C)c2[nH]/c1=C\c1[nH]c(c(CCC(=O)O)c1C)/C(N)=c1\[nH]/c(c(C)c1CCC(=O)O)=C\c1[nH]c(/c(=C(\C)S)c1C)=C\2. The molecule has 5 rings (SSSR count). The molecule has 0 amide bonds. The molecule has 0 fully saturated rings. The Bertz CT molecular complexity index is 2270. The minimum atomic E-state index is -0.907. The molecule has 236 valence electrons. The zero-order valence-electron chi connectivity index (χ0n) is 26.2. The fourth-order valence-corrected chi connectivity index (χ4v) is 6.99. The number of rotatable bonds is 6. The van der Waals surface area contributed by atoms with E-state index in [0.29, 0.717) is 16.7 Å². The summed E-state index contributed by atoms with van der Waals surface area (Å²) in [4.78, 5) is 39.2. The van der Waals surface area contributed by atoms with Crippen molar-refractivity contribution in [2.75, 3.05) is 0 Å². The molecule has 0 saturated carbocycles. The molecular formula is C34H39N5O4S2. The second kappa shape index (κ2) is 12.3. The zero-order chi connectivity index (χ0) is 32.9. The van der Waals surface area contributed by atoms with Crippen molar-refractivity contribution in [3.63, 3.8) is 0 Å². The molecule has 45 heavy (non-hydrogen) atoms. The van der Waals surface area contributed by atoms with Gasteiger partial charge >= 0.3 is 11.9 Å². The number of carboxylic acids is 2. The molecule has 0 spiro atoms. The predicted octanol–water partition coefficient (Wildman–Crippen LogP) is 1.30. The summed E-state index contributed by atoms with van der Waals surface area (Å²) in [5, 5.41) is 24.2. The van der Waals surface area contributed by atoms with Gasteiger partial charge in [0.15, 0.2) is 0 Å². The molecule has 0 saturated heterocycles. The van der Waals surface area contributed by atoms with Crippen molar-refractivity contribution < 1.29 is 19.8 Å². The van der Waals surface area contributed by atoms with E-state index in [0.717, 1.165) is 86.8 Å². The van der Waals surface area contributed by atoms with Crippen LogP contribution in [0.3, 0.4) is 0 Å². The zero-order valence-corrected chi connectivity index (χ0v) is 28.0. The maximum atomic E-state index is 11.6. The van der Waals surface area contributed by atoms with Gasteiger partial charge in [-0.2, -0.15) is 0 Å². The number of carboxylic acid groups (broad SMARTS) is 2. The number of thiol groups is 2. The number of fused-ring (bicyclic) bond motifs is 8. The quantitative estimate of drug-likeness (QED) is 0.144. The van der Waals surface area contributed by atoms with E-state index in [9.17, 15) is 19.8 Å². The van der Waals surface area contributed by atoms with Crippen LogP contribution in [0.1, 0.15) is 82.8 Å². The number of carbonyl (C=O) groups is 2. The van der Waals surface area contributed by atoms with E-state index in [2.05, 4.69) is 32.9 Å². The van der Waals surface area contributed by atoms with E-state index < -0.39 is 11.9 Å². The van der Waals surface area contributed by atoms with Gasteiger partial charge in [-0.1, -0.05) is 0 Å². The number of aliphatic carboxylic acids is 2. The molecule has 0 aliphatic carbocycles. The third-order valence-electron chi connectivity index (χ3n) is 8.78. The summed E-state index contributed by atoms with van der Waals surface area (Å²) < 4.78 is 0. The summed E-state index contributed by atoms with van der Waals surface area (Å²) in [6.45, 7) is 11.9. The van der Waals surface area contributed by atoms with Crippen LogP contribution in [-0.4, -0.2) is 42.1 Å². The molecule has 4 aromatic heterocycles. The average Bonchev–Trinajstić information content (AvgIpc) is 3.63. The van der Waals surface area contributed by atoms with Crippen LogP contribution in [0.15, 0.2) is 0 Å². The van der Waals surface area contributed by atoms with Crippen LogP contribution >= 0.6 is 25.3 Å². The van der Waals surface area contributed by atoms with E-state index in [1.807, 2.05) is 46.8 Å². The molecule has 8 N–H and O–H groups in total. The van der Waals surface area contributed by atoms with Crippen molar-refractivity contribution in [2.24, 2.45) is 5.73 Å². The molecule has 0 unspecified atom stereocenters. The standard InChI is InChI=1S/C34H39N5O4S2/c1-14-20(7-9-28(40)41)33-32(35)34-21(8-10-29(42)43)15(2)23(39-34)12-26-31(19(6)45)17(4)25(37-26)13-27-30(18(5)44)16(3)24(36-27)11-22(14)38-33/h11-13,36-39,44-45H,7-10,35H2,1-6H3,(H,40,41)(H,42,43)/b22-11-,26-12-,27-13-,30-18+,31-19+,33-32+. The molecule has 0 radical (unpaired) electrons. The van der Waals surface area contributed by atoms with E-state index in [1.54, 1.807) is 0 Å². The topological polar surface area (TPSA) is 164 Å². The summed E-state index contributed by atoms with van der Waals surface area (Å²) in [6, 6.07) is 0. The molecule has 0 aromatic carbocycles. The Morgan fingerprint density at radius 1 is 0.667 bits per heavy atom. The molecule has 1 aliphatic rings. The number of aromatic nitrogens is 4. The summed E-state index contributed by atoms with van der Waals surface area (Å²) in [6.07, 6.45) is 6.51. The maximum Gasteiger partial charge on any atom is 0.303 e. The third-order valence-corrected chi connectivity index (χ3v) is 9.22. The first-order chi connectivity index (χ1) is 21.2. The number of hydrogen-bond donors (Lipinski definition) is 9. The first-order valence-electron chi connectivity index (χ1n) is 14.7. The highest BCUT2D eigenvalue weighted by molar-refractivity contribution is 7.90. The smallest absolute Gasteiger partial charge is 0.303 e. The largest absolute Gasteiger partial charge is 0.481 e. The van der Waals surface area contributed by atoms with Crippen LogP contribution in [0, 0.1) is 27.7 Å². The Kier molecular flexibility index (Phi) is 8.79. The lowest BCUT2D eigenvalue weighted by atomic mass is 10.0. The number of H-pyrrole nitrogens is 4. The second-order valence-corrected chi connectivity index (χ2v) is 13.1. The summed E-state index contributed by atoms with van der Waals surface area (Å²) in [5.74, 6) is -1.81. The lowest BCUT2D eigenvalue weighted by molar-refractivity contribution is -0.138. The van der Waals surface area contributed by atoms with Gasteiger partial charge in [0.05, 0.1) is 16.7 Å². The van der Waals surface area contributed by atoms with Gasteiger partial charge in [-0.15, -0.1) is 25.3 Å². The Morgan fingerprint density at radius 2 is 1.11 bits per heavy atom. The maximum absolute atomic E-state index is 11.6. The van der Waals surface area contributed by atoms with Gasteiger partial charge in [-0.25, -0.2) is 0 Å². The molecule has 11 heteroatoms. The average molecular weight is 646 g/mol. The number of nitrogens with one attached hydrogen (secondary N) is 4. The van der Waals surface area contributed by atoms with Gasteiger partial charge in [-0.05, 0) is 116 Å². The van der Waals surface area contributed by atoms with Crippen LogP contribution in [0.4, 0.5) is 0 Å². The van der Waals surface area contributed by atoms with Crippen molar-refractivity contribution in [3.05, 3.63) is 88.0 Å². The molecule has 8 bridgehead atoms. The lowest BCUT2D eigenvalue weighted by Crippen LogP contribution is -2.25. The van der Waals surface area contributed by atoms with Crippen molar-refractivity contribution in [2.45, 2.75) is 67.2 Å². The minimum Gasteiger partial charge on any atom is -0.481 e. The van der Waals surface area contributed by atoms with Crippen LogP contribution in [-0.2, 0) is 22.4 Å². The summed E-state index contributed by atoms with van der Waals surface area (Å²) in [7, 11) is 0. The van der Waals surface area contributed by atoms with Gasteiger partial charge in [0, 0.05) is 56.4 Å². The highest BCUT2D eigenvalue weighted by Gasteiger charge is 2.20. The van der Waals surface area contributed by atoms with Gasteiger partial charge in [0.1, 0.15) is 0 Å². The van der Waals surface area contributed by atoms with Crippen molar-refractivity contribution in [1.29, 1.82) is 0 Å². The van der Waals surface area contributed by atoms with Crippen molar-refractivity contribution in [1.82, 2.24) is 19.9 Å². The number of nitrogens with two attached hydrogens (primary N) is 1. The number of aromatic amines is 4. The molecular weight excluding hydrogens is 607 g/mol. The summed E-state index contributed by atoms with van der Waals surface area (Å²) in [5.41, 5.74) is 16.0. The van der Waals surface area contributed by atoms with Crippen molar-refractivity contribution >= 4 is 70.9 Å². The fraction of sp³-hybridized carbons (Fsp3) is 0.294. The molecule has 4 aromatic rings. The van der Waals surface area contributed by atoms with E-state index >= 15 is 0 Å². The van der Waals surface area contributed by atoms with Gasteiger partial charge in [0.25, 0.3) is 0 Å². The highest BCUT2D eigenvalue weighted by Crippen LogP contribution is 2.24. The van der Waals surface area contributed by atoms with Gasteiger partial charge < -0.3 is 35.9 Å². The lowest BCUT2D eigenvalue weighted by Gasteiger charge is -2.06. The molecule has 9 nitrogen and oxygen atoms in total. The predicted molar refractivity (Wildman–Crippen MR) is 185 cm³/mol. The van der Waals surface area contributed by atoms with Gasteiger partial charge in [0.2, 0.25) is 0 Å². The first-order valence-corrected chi connectivity index (χ1v) is 15.6. The van der Waals surface area contributed by atoms with Crippen LogP contribution in [0.2, 0.25) is 0 Å². The first kappa shape index (κ1) is 32.2. The van der Waals surface area contributed by atoms with Crippen LogP contribution in [0.25, 0.3) is 33.7 Å². The van der Waals surface area contributed by atoms with E-state index in [1.165, 1.54) is 0 Å². The van der Waals surface area contributed by atoms with Crippen LogP contribution < -0.4 is 37.6 Å². The Labute approximate surface area is 270 Å². The van der Waals surface area contributed by atoms with Crippen molar-refractivity contribution in [3.8, 4) is 0 Å². The van der Waals surface area contributed by atoms with Gasteiger partial charge in [-0.3, -0.25) is 9.59 Å². The number of hydrogen-bond acceptors (Lipinski definition) is 5. The Balaban J connectivity index is 2.02. The molecule has 1 aliphatic heterocycles. The normalized spacial score (nSPS) is 17.5. The second-order valence-electron chi connectivity index (χ2n) is 11.7. The highest BCUT2D eigenvalue weighted by atomic mass is 32.1. The monoisotopic (exact) mass is 645 g/mol. The van der Waals surface area contributed by atoms with E-state index in [-0.39, 0.29) is 25.7 Å². The minimum absolute atomic E-state index is 0.0672. The summed E-state index contributed by atoms with van der Waals surface area (Å²) >= 11 is 9.48. The Morgan fingerprint density at radius 3 is 1.58 bits per heavy atom.